The highest BCUT2D eigenvalue weighted by Crippen LogP contribution is 2.20. The zero-order valence-electron chi connectivity index (χ0n) is 12.5. The molecule has 0 spiro atoms. The molecule has 0 N–H and O–H groups in total. The van der Waals surface area contributed by atoms with Crippen LogP contribution in [0.5, 0.6) is 0 Å². The summed E-state index contributed by atoms with van der Waals surface area (Å²) in [6, 6.07) is 12.4. The van der Waals surface area contributed by atoms with Crippen molar-refractivity contribution in [1.29, 1.82) is 0 Å². The second-order valence-electron chi connectivity index (χ2n) is 5.06. The fourth-order valence-corrected chi connectivity index (χ4v) is 2.33. The fraction of sp³-hybridized carbons (Fsp3) is 0.235. The molecule has 22 heavy (non-hydrogen) atoms. The van der Waals surface area contributed by atoms with Crippen molar-refractivity contribution in [3.05, 3.63) is 74.8 Å². The Hall–Kier alpha value is -2.69. The number of hydrogen-bond donors (Lipinski definition) is 0. The number of hydrogen-bond acceptors (Lipinski definition) is 4. The lowest BCUT2D eigenvalue weighted by molar-refractivity contribution is -0.384. The average molecular weight is 299 g/mol. The Labute approximate surface area is 128 Å². The maximum absolute atomic E-state index is 11.6. The Morgan fingerprint density at radius 2 is 1.91 bits per heavy atom. The van der Waals surface area contributed by atoms with Crippen molar-refractivity contribution in [1.82, 2.24) is 0 Å². The topological polar surface area (TPSA) is 69.4 Å². The van der Waals surface area contributed by atoms with E-state index in [0.717, 1.165) is 12.0 Å². The smallest absolute Gasteiger partial charge is 0.338 e. The Bertz CT molecular complexity index is 710. The number of non-ortho nitro benzene ring substituents is 1. The van der Waals surface area contributed by atoms with Gasteiger partial charge in [-0.1, -0.05) is 24.3 Å². The van der Waals surface area contributed by atoms with Gasteiger partial charge in [-0.25, -0.2) is 4.79 Å². The van der Waals surface area contributed by atoms with Crippen LogP contribution in [0, 0.1) is 17.0 Å². The van der Waals surface area contributed by atoms with Crippen molar-refractivity contribution >= 4 is 11.7 Å². The normalized spacial score (nSPS) is 10.3. The molecular formula is C17H17NO4. The van der Waals surface area contributed by atoms with Gasteiger partial charge in [-0.15, -0.1) is 0 Å². The summed E-state index contributed by atoms with van der Waals surface area (Å²) in [6.07, 6.45) is 1.38. The second kappa shape index (κ2) is 6.85. The predicted molar refractivity (Wildman–Crippen MR) is 83.0 cm³/mol. The van der Waals surface area contributed by atoms with Gasteiger partial charge in [-0.05, 0) is 42.5 Å². The molecule has 0 saturated heterocycles. The van der Waals surface area contributed by atoms with Gasteiger partial charge in [0.05, 0.1) is 17.6 Å². The minimum atomic E-state index is -0.569. The molecule has 0 bridgehead atoms. The van der Waals surface area contributed by atoms with Gasteiger partial charge >= 0.3 is 5.97 Å². The number of carbonyl (C=O) groups is 1. The van der Waals surface area contributed by atoms with E-state index in [9.17, 15) is 14.9 Å². The first kappa shape index (κ1) is 15.7. The number of carbonyl (C=O) groups excluding carboxylic acids is 1. The summed E-state index contributed by atoms with van der Waals surface area (Å²) < 4.78 is 4.65. The van der Waals surface area contributed by atoms with Crippen LogP contribution in [-0.2, 0) is 17.6 Å². The summed E-state index contributed by atoms with van der Waals surface area (Å²) in [5.41, 5.74) is 3.23. The zero-order valence-corrected chi connectivity index (χ0v) is 12.5. The molecule has 0 aliphatic carbocycles. The minimum Gasteiger partial charge on any atom is -0.465 e. The number of benzene rings is 2. The van der Waals surface area contributed by atoms with E-state index in [1.165, 1.54) is 30.4 Å². The Balaban J connectivity index is 2.26. The zero-order chi connectivity index (χ0) is 16.1. The molecule has 0 saturated carbocycles. The average Bonchev–Trinajstić information content (AvgIpc) is 2.53. The lowest BCUT2D eigenvalue weighted by atomic mass is 9.99. The molecular weight excluding hydrogens is 282 g/mol. The van der Waals surface area contributed by atoms with Crippen LogP contribution in [0.15, 0.2) is 42.5 Å². The summed E-state index contributed by atoms with van der Waals surface area (Å²) in [7, 11) is 1.26. The minimum absolute atomic E-state index is 0.0947. The number of esters is 1. The number of rotatable bonds is 5. The van der Waals surface area contributed by atoms with Crippen LogP contribution in [0.2, 0.25) is 0 Å². The lowest BCUT2D eigenvalue weighted by Crippen LogP contribution is -2.04. The number of nitro benzene ring substituents is 1. The molecule has 114 valence electrons. The van der Waals surface area contributed by atoms with Gasteiger partial charge < -0.3 is 4.74 Å². The number of nitrogens with zero attached hydrogens (tertiary/aromatic N) is 1. The molecule has 2 aromatic rings. The maximum Gasteiger partial charge on any atom is 0.338 e. The second-order valence-corrected chi connectivity index (χ2v) is 5.06. The first-order valence-corrected chi connectivity index (χ1v) is 6.92. The maximum atomic E-state index is 11.6. The molecule has 5 heteroatoms. The number of methoxy groups -OCH3 is 1. The first-order chi connectivity index (χ1) is 10.5. The van der Waals surface area contributed by atoms with Crippen molar-refractivity contribution < 1.29 is 14.5 Å². The monoisotopic (exact) mass is 299 g/mol. The molecule has 0 fully saturated rings. The largest absolute Gasteiger partial charge is 0.465 e. The van der Waals surface area contributed by atoms with E-state index in [1.54, 1.807) is 6.07 Å². The van der Waals surface area contributed by atoms with Crippen LogP contribution in [-0.4, -0.2) is 18.0 Å². The predicted octanol–water partition coefficient (Wildman–Crippen LogP) is 3.48. The van der Waals surface area contributed by atoms with Gasteiger partial charge in [0.15, 0.2) is 0 Å². The number of nitro groups is 1. The summed E-state index contributed by atoms with van der Waals surface area (Å²) in [6.45, 7) is 2.03. The first-order valence-electron chi connectivity index (χ1n) is 6.92. The summed E-state index contributed by atoms with van der Waals surface area (Å²) in [4.78, 5) is 22.1. The van der Waals surface area contributed by atoms with Crippen molar-refractivity contribution in [2.75, 3.05) is 7.11 Å². The molecule has 0 radical (unpaired) electrons. The highest BCUT2D eigenvalue weighted by atomic mass is 16.6. The highest BCUT2D eigenvalue weighted by Gasteiger charge is 2.15. The van der Waals surface area contributed by atoms with Gasteiger partial charge in [-0.2, -0.15) is 0 Å². The van der Waals surface area contributed by atoms with Gasteiger partial charge in [0, 0.05) is 12.1 Å². The van der Waals surface area contributed by atoms with Gasteiger partial charge in [0.25, 0.3) is 5.69 Å². The van der Waals surface area contributed by atoms with Crippen LogP contribution in [0.4, 0.5) is 5.69 Å². The van der Waals surface area contributed by atoms with E-state index in [2.05, 4.69) is 4.74 Å². The molecule has 0 unspecified atom stereocenters. The molecule has 2 rings (SSSR count). The molecule has 5 nitrogen and oxygen atoms in total. The molecule has 0 heterocycles. The van der Waals surface area contributed by atoms with Crippen molar-refractivity contribution in [2.45, 2.75) is 19.8 Å². The third-order valence-electron chi connectivity index (χ3n) is 3.55. The summed E-state index contributed by atoms with van der Waals surface area (Å²) in [5.74, 6) is -0.569. The van der Waals surface area contributed by atoms with E-state index >= 15 is 0 Å². The van der Waals surface area contributed by atoms with Crippen LogP contribution in [0.3, 0.4) is 0 Å². The third-order valence-corrected chi connectivity index (χ3v) is 3.55. The SMILES string of the molecule is COC(=O)c1cc(CCc2ccccc2C)cc([N+](=O)[O-])c1. The Morgan fingerprint density at radius 3 is 2.55 bits per heavy atom. The standard InChI is InChI=1S/C17H17NO4/c1-12-5-3-4-6-14(12)8-7-13-9-15(17(19)22-2)11-16(10-13)18(20)21/h3-6,9-11H,7-8H2,1-2H3. The van der Waals surface area contributed by atoms with E-state index in [4.69, 9.17) is 0 Å². The van der Waals surface area contributed by atoms with Crippen LogP contribution < -0.4 is 0 Å². The van der Waals surface area contributed by atoms with Crippen LogP contribution >= 0.6 is 0 Å². The van der Waals surface area contributed by atoms with Gasteiger partial charge in [-0.3, -0.25) is 10.1 Å². The number of aryl methyl sites for hydroxylation is 3. The Kier molecular flexibility index (Phi) is 4.88. The molecule has 0 aromatic heterocycles. The quantitative estimate of drug-likeness (QED) is 0.481. The van der Waals surface area contributed by atoms with E-state index in [0.29, 0.717) is 6.42 Å². The fourth-order valence-electron chi connectivity index (χ4n) is 2.33. The molecule has 0 aliphatic rings. The van der Waals surface area contributed by atoms with E-state index in [1.807, 2.05) is 31.2 Å². The Morgan fingerprint density at radius 1 is 1.18 bits per heavy atom. The molecule has 2 aromatic carbocycles. The van der Waals surface area contributed by atoms with Crippen molar-refractivity contribution in [3.8, 4) is 0 Å². The van der Waals surface area contributed by atoms with Crippen molar-refractivity contribution in [3.63, 3.8) is 0 Å². The number of ether oxygens (including phenoxy) is 1. The summed E-state index contributed by atoms with van der Waals surface area (Å²) in [5, 5.41) is 11.0. The van der Waals surface area contributed by atoms with Gasteiger partial charge in [0.1, 0.15) is 0 Å². The third kappa shape index (κ3) is 3.69. The van der Waals surface area contributed by atoms with Crippen LogP contribution in [0.1, 0.15) is 27.0 Å². The lowest BCUT2D eigenvalue weighted by Gasteiger charge is -2.07. The molecule has 0 amide bonds. The van der Waals surface area contributed by atoms with Gasteiger partial charge in [0.2, 0.25) is 0 Å². The van der Waals surface area contributed by atoms with Crippen molar-refractivity contribution in [2.24, 2.45) is 0 Å². The van der Waals surface area contributed by atoms with E-state index in [-0.39, 0.29) is 11.3 Å². The summed E-state index contributed by atoms with van der Waals surface area (Å²) >= 11 is 0. The van der Waals surface area contributed by atoms with Crippen LogP contribution in [0.25, 0.3) is 0 Å². The van der Waals surface area contributed by atoms with E-state index < -0.39 is 10.9 Å². The molecule has 0 aliphatic heterocycles. The highest BCUT2D eigenvalue weighted by molar-refractivity contribution is 5.90. The molecule has 0 atom stereocenters.